The summed E-state index contributed by atoms with van der Waals surface area (Å²) in [5.74, 6) is -0.309. The van der Waals surface area contributed by atoms with E-state index in [0.717, 1.165) is 47.8 Å². The van der Waals surface area contributed by atoms with Crippen LogP contribution in [0.3, 0.4) is 0 Å². The summed E-state index contributed by atoms with van der Waals surface area (Å²) in [6, 6.07) is 0.971. The molecule has 25 heavy (non-hydrogen) atoms. The molecule has 2 heterocycles. The quantitative estimate of drug-likeness (QED) is 0.599. The number of hydrogen-bond donors (Lipinski definition) is 2. The van der Waals surface area contributed by atoms with Crippen molar-refractivity contribution < 1.29 is 9.53 Å². The van der Waals surface area contributed by atoms with Gasteiger partial charge in [-0.1, -0.05) is 6.92 Å². The number of anilines is 1. The van der Waals surface area contributed by atoms with Gasteiger partial charge in [-0.3, -0.25) is 0 Å². The first-order chi connectivity index (χ1) is 11.9. The van der Waals surface area contributed by atoms with Crippen molar-refractivity contribution in [1.29, 1.82) is 0 Å². The van der Waals surface area contributed by atoms with Crippen LogP contribution in [-0.2, 0) is 11.2 Å². The molecule has 140 valence electrons. The Labute approximate surface area is 160 Å². The predicted molar refractivity (Wildman–Crippen MR) is 109 cm³/mol. The van der Waals surface area contributed by atoms with Crippen molar-refractivity contribution >= 4 is 39.6 Å². The van der Waals surface area contributed by atoms with E-state index < -0.39 is 0 Å². The molecule has 2 rings (SSSR count). The van der Waals surface area contributed by atoms with Crippen LogP contribution in [0.2, 0.25) is 0 Å². The van der Waals surface area contributed by atoms with Crippen molar-refractivity contribution in [1.82, 2.24) is 10.2 Å². The zero-order chi connectivity index (χ0) is 18.6. The zero-order valence-electron chi connectivity index (χ0n) is 15.8. The average molecular weight is 384 g/mol. The minimum Gasteiger partial charge on any atom is -0.465 e. The number of hydrogen-bond acceptors (Lipinski definition) is 5. The Hall–Kier alpha value is -1.18. The molecule has 0 radical (unpaired) electrons. The molecule has 7 heteroatoms. The lowest BCUT2D eigenvalue weighted by Gasteiger charge is -2.35. The zero-order valence-corrected chi connectivity index (χ0v) is 17.4. The van der Waals surface area contributed by atoms with E-state index in [9.17, 15) is 4.79 Å². The summed E-state index contributed by atoms with van der Waals surface area (Å²) in [5.41, 5.74) is 1.65. The van der Waals surface area contributed by atoms with Crippen molar-refractivity contribution in [2.45, 2.75) is 59.0 Å². The topological polar surface area (TPSA) is 53.6 Å². The molecule has 2 N–H and O–H groups in total. The molecule has 0 amide bonds. The van der Waals surface area contributed by atoms with Crippen LogP contribution in [0.5, 0.6) is 0 Å². The molecule has 0 unspecified atom stereocenters. The first-order valence-corrected chi connectivity index (χ1v) is 10.1. The van der Waals surface area contributed by atoms with E-state index in [1.54, 1.807) is 11.3 Å². The SMILES string of the molecule is CCc1c(C)sc(NC(=S)NC2CCN(C(C)C)CC2)c1C(=O)OC. The Morgan fingerprint density at radius 1 is 1.40 bits per heavy atom. The van der Waals surface area contributed by atoms with E-state index in [-0.39, 0.29) is 5.97 Å². The number of thiophene rings is 1. The largest absolute Gasteiger partial charge is 0.465 e. The van der Waals surface area contributed by atoms with Crippen LogP contribution in [-0.4, -0.2) is 48.3 Å². The number of piperidine rings is 1. The molecule has 1 fully saturated rings. The number of likely N-dealkylation sites (tertiary alicyclic amines) is 1. The van der Waals surface area contributed by atoms with Gasteiger partial charge < -0.3 is 20.3 Å². The van der Waals surface area contributed by atoms with Crippen LogP contribution in [0, 0.1) is 6.92 Å². The summed E-state index contributed by atoms with van der Waals surface area (Å²) in [4.78, 5) is 15.8. The summed E-state index contributed by atoms with van der Waals surface area (Å²) in [6.45, 7) is 10.7. The van der Waals surface area contributed by atoms with E-state index in [1.807, 2.05) is 13.8 Å². The number of nitrogens with zero attached hydrogens (tertiary/aromatic N) is 1. The molecule has 1 saturated heterocycles. The van der Waals surface area contributed by atoms with Crippen LogP contribution < -0.4 is 10.6 Å². The smallest absolute Gasteiger partial charge is 0.341 e. The average Bonchev–Trinajstić information content (AvgIpc) is 2.89. The maximum atomic E-state index is 12.2. The lowest BCUT2D eigenvalue weighted by molar-refractivity contribution is 0.0601. The van der Waals surface area contributed by atoms with E-state index >= 15 is 0 Å². The second-order valence-electron chi connectivity index (χ2n) is 6.69. The Kier molecular flexibility index (Phi) is 7.22. The summed E-state index contributed by atoms with van der Waals surface area (Å²) in [5, 5.41) is 7.99. The molecule has 1 aromatic heterocycles. The van der Waals surface area contributed by atoms with Crippen LogP contribution >= 0.6 is 23.6 Å². The van der Waals surface area contributed by atoms with Gasteiger partial charge in [0, 0.05) is 30.1 Å². The van der Waals surface area contributed by atoms with Gasteiger partial charge in [0.1, 0.15) is 5.00 Å². The molecule has 0 saturated carbocycles. The van der Waals surface area contributed by atoms with Gasteiger partial charge in [0.05, 0.1) is 12.7 Å². The molecule has 0 bridgehead atoms. The van der Waals surface area contributed by atoms with Gasteiger partial charge in [-0.15, -0.1) is 11.3 Å². The van der Waals surface area contributed by atoms with E-state index in [1.165, 1.54) is 7.11 Å². The number of aryl methyl sites for hydroxylation is 1. The predicted octanol–water partition coefficient (Wildman–Crippen LogP) is 3.56. The molecule has 0 aliphatic carbocycles. The molecule has 0 spiro atoms. The van der Waals surface area contributed by atoms with Crippen LogP contribution in [0.1, 0.15) is 54.4 Å². The molecule has 1 aliphatic rings. The Balaban J connectivity index is 2.00. The van der Waals surface area contributed by atoms with Crippen LogP contribution in [0.4, 0.5) is 5.00 Å². The highest BCUT2D eigenvalue weighted by Gasteiger charge is 2.24. The number of carbonyl (C=O) groups is 1. The summed E-state index contributed by atoms with van der Waals surface area (Å²) >= 11 is 7.04. The van der Waals surface area contributed by atoms with Crippen molar-refractivity contribution in [2.24, 2.45) is 0 Å². The lowest BCUT2D eigenvalue weighted by atomic mass is 10.0. The molecular weight excluding hydrogens is 354 g/mol. The van der Waals surface area contributed by atoms with Gasteiger partial charge in [0.15, 0.2) is 5.11 Å². The van der Waals surface area contributed by atoms with Crippen molar-refractivity contribution in [3.63, 3.8) is 0 Å². The standard InChI is InChI=1S/C18H29N3O2S2/c1-6-14-12(4)25-16(15(14)17(22)23-5)20-18(24)19-13-7-9-21(10-8-13)11(2)3/h11,13H,6-10H2,1-5H3,(H2,19,20,24). The van der Waals surface area contributed by atoms with Crippen molar-refractivity contribution in [2.75, 3.05) is 25.5 Å². The number of nitrogens with one attached hydrogen (secondary N) is 2. The molecule has 1 aromatic rings. The van der Waals surface area contributed by atoms with Gasteiger partial charge in [-0.25, -0.2) is 4.79 Å². The summed E-state index contributed by atoms with van der Waals surface area (Å²) in [6.07, 6.45) is 2.95. The van der Waals surface area contributed by atoms with E-state index in [4.69, 9.17) is 17.0 Å². The van der Waals surface area contributed by atoms with Crippen molar-refractivity contribution in [3.05, 3.63) is 16.0 Å². The highest BCUT2D eigenvalue weighted by Crippen LogP contribution is 2.34. The Morgan fingerprint density at radius 2 is 2.04 bits per heavy atom. The molecule has 1 aliphatic heterocycles. The normalized spacial score (nSPS) is 16.1. The van der Waals surface area contributed by atoms with E-state index in [0.29, 0.717) is 22.8 Å². The van der Waals surface area contributed by atoms with Gasteiger partial charge in [0.25, 0.3) is 0 Å². The highest BCUT2D eigenvalue weighted by atomic mass is 32.1. The van der Waals surface area contributed by atoms with Gasteiger partial charge in [-0.2, -0.15) is 0 Å². The van der Waals surface area contributed by atoms with Crippen LogP contribution in [0.25, 0.3) is 0 Å². The highest BCUT2D eigenvalue weighted by molar-refractivity contribution is 7.80. The second kappa shape index (κ2) is 8.96. The number of carbonyl (C=O) groups excluding carboxylic acids is 1. The maximum Gasteiger partial charge on any atom is 0.341 e. The summed E-state index contributed by atoms with van der Waals surface area (Å²) < 4.78 is 4.96. The van der Waals surface area contributed by atoms with Gasteiger partial charge in [-0.05, 0) is 57.8 Å². The van der Waals surface area contributed by atoms with E-state index in [2.05, 4.69) is 29.4 Å². The van der Waals surface area contributed by atoms with Crippen LogP contribution in [0.15, 0.2) is 0 Å². The fourth-order valence-corrected chi connectivity index (χ4v) is 4.77. The number of methoxy groups -OCH3 is 1. The lowest BCUT2D eigenvalue weighted by Crippen LogP contribution is -2.47. The number of thiocarbonyl (C=S) groups is 1. The number of ether oxygens (including phenoxy) is 1. The minimum atomic E-state index is -0.309. The maximum absolute atomic E-state index is 12.2. The number of esters is 1. The third kappa shape index (κ3) is 4.92. The minimum absolute atomic E-state index is 0.309. The monoisotopic (exact) mass is 383 g/mol. The summed E-state index contributed by atoms with van der Waals surface area (Å²) in [7, 11) is 1.41. The third-order valence-corrected chi connectivity index (χ3v) is 6.06. The van der Waals surface area contributed by atoms with Gasteiger partial charge >= 0.3 is 5.97 Å². The first kappa shape index (κ1) is 20.1. The van der Waals surface area contributed by atoms with Crippen molar-refractivity contribution in [3.8, 4) is 0 Å². The number of rotatable bonds is 5. The molecule has 0 aromatic carbocycles. The first-order valence-electron chi connectivity index (χ1n) is 8.89. The fourth-order valence-electron chi connectivity index (χ4n) is 3.30. The third-order valence-electron chi connectivity index (χ3n) is 4.77. The molecule has 0 atom stereocenters. The molecular formula is C18H29N3O2S2. The Morgan fingerprint density at radius 3 is 2.56 bits per heavy atom. The Bertz CT molecular complexity index is 620. The second-order valence-corrected chi connectivity index (χ2v) is 8.32. The van der Waals surface area contributed by atoms with Gasteiger partial charge in [0.2, 0.25) is 0 Å². The fraction of sp³-hybridized carbons (Fsp3) is 0.667. The molecule has 5 nitrogen and oxygen atoms in total.